The van der Waals surface area contributed by atoms with E-state index >= 15 is 0 Å². The lowest BCUT2D eigenvalue weighted by molar-refractivity contribution is -0.120. The fourth-order valence-corrected chi connectivity index (χ4v) is 5.34. The van der Waals surface area contributed by atoms with E-state index in [-0.39, 0.29) is 10.9 Å². The topological polar surface area (TPSA) is 84.9 Å². The molecule has 0 radical (unpaired) electrons. The second-order valence-electron chi connectivity index (χ2n) is 8.40. The summed E-state index contributed by atoms with van der Waals surface area (Å²) in [5, 5.41) is 3.37. The molecule has 0 saturated heterocycles. The van der Waals surface area contributed by atoms with E-state index in [0.717, 1.165) is 21.0 Å². The Morgan fingerprint density at radius 1 is 0.972 bits per heavy atom. The predicted octanol–water partition coefficient (Wildman–Crippen LogP) is 5.44. The number of anilines is 1. The summed E-state index contributed by atoms with van der Waals surface area (Å²) >= 11 is 6.31. The number of nitrogens with one attached hydrogen (secondary N) is 1. The van der Waals surface area contributed by atoms with Crippen LogP contribution >= 0.6 is 11.6 Å². The minimum Gasteiger partial charge on any atom is -0.493 e. The maximum absolute atomic E-state index is 13.6. The summed E-state index contributed by atoms with van der Waals surface area (Å²) < 4.78 is 39.0. The number of benzene rings is 3. The van der Waals surface area contributed by atoms with E-state index in [4.69, 9.17) is 21.1 Å². The van der Waals surface area contributed by atoms with Gasteiger partial charge in [0.05, 0.1) is 30.8 Å². The third-order valence-corrected chi connectivity index (χ3v) is 8.09. The molecule has 0 heterocycles. The van der Waals surface area contributed by atoms with Gasteiger partial charge in [0.25, 0.3) is 10.0 Å². The highest BCUT2D eigenvalue weighted by atomic mass is 35.5. The summed E-state index contributed by atoms with van der Waals surface area (Å²) in [4.78, 5) is 13.3. The summed E-state index contributed by atoms with van der Waals surface area (Å²) in [6, 6.07) is 16.5. The number of carbonyl (C=O) groups excluding carboxylic acids is 1. The lowest BCUT2D eigenvalue weighted by atomic mass is 10.0. The highest BCUT2D eigenvalue weighted by Gasteiger charge is 2.28. The molecule has 3 aromatic carbocycles. The number of nitrogens with zero attached hydrogens (tertiary/aromatic N) is 1. The van der Waals surface area contributed by atoms with Gasteiger partial charge < -0.3 is 14.8 Å². The highest BCUT2D eigenvalue weighted by Crippen LogP contribution is 2.31. The van der Waals surface area contributed by atoms with Gasteiger partial charge in [-0.15, -0.1) is 0 Å². The first-order valence-electron chi connectivity index (χ1n) is 11.5. The van der Waals surface area contributed by atoms with Crippen LogP contribution in [0.3, 0.4) is 0 Å². The Labute approximate surface area is 218 Å². The van der Waals surface area contributed by atoms with Crippen LogP contribution in [0.15, 0.2) is 65.6 Å². The number of amides is 1. The van der Waals surface area contributed by atoms with Crippen LogP contribution < -0.4 is 19.1 Å². The quantitative estimate of drug-likeness (QED) is 0.377. The molecular formula is C27H31ClN2O5S. The third-order valence-electron chi connectivity index (χ3n) is 5.89. The van der Waals surface area contributed by atoms with Crippen molar-refractivity contribution in [2.24, 2.45) is 0 Å². The van der Waals surface area contributed by atoms with Crippen molar-refractivity contribution in [1.29, 1.82) is 0 Å². The van der Waals surface area contributed by atoms with Crippen molar-refractivity contribution in [1.82, 2.24) is 5.32 Å². The molecule has 1 amide bonds. The molecule has 0 spiro atoms. The zero-order valence-electron chi connectivity index (χ0n) is 21.0. The van der Waals surface area contributed by atoms with Gasteiger partial charge in [0, 0.05) is 5.02 Å². The normalized spacial score (nSPS) is 12.1. The second-order valence-corrected chi connectivity index (χ2v) is 10.7. The Morgan fingerprint density at radius 3 is 2.22 bits per heavy atom. The Kier molecular flexibility index (Phi) is 8.87. The molecule has 3 aromatic rings. The number of hydrogen-bond acceptors (Lipinski definition) is 5. The SMILES string of the molecule is CCC(NC(=O)CN(c1ccc(C)c(Cl)c1)S(=O)(=O)c1ccc(C)cc1)c1ccc(OC)c(OC)c1. The number of ether oxygens (including phenoxy) is 2. The number of halogens is 1. The fourth-order valence-electron chi connectivity index (χ4n) is 3.75. The Balaban J connectivity index is 1.93. The molecule has 36 heavy (non-hydrogen) atoms. The summed E-state index contributed by atoms with van der Waals surface area (Å²) in [6.45, 7) is 5.22. The van der Waals surface area contributed by atoms with Crippen LogP contribution in [0.2, 0.25) is 5.02 Å². The predicted molar refractivity (Wildman–Crippen MR) is 143 cm³/mol. The minimum absolute atomic E-state index is 0.0875. The monoisotopic (exact) mass is 530 g/mol. The van der Waals surface area contributed by atoms with Crippen molar-refractivity contribution in [3.05, 3.63) is 82.4 Å². The molecule has 0 fully saturated rings. The van der Waals surface area contributed by atoms with E-state index in [9.17, 15) is 13.2 Å². The van der Waals surface area contributed by atoms with Crippen LogP contribution in [0, 0.1) is 13.8 Å². The van der Waals surface area contributed by atoms with Crippen molar-refractivity contribution in [3.63, 3.8) is 0 Å². The molecule has 192 valence electrons. The van der Waals surface area contributed by atoms with E-state index in [1.807, 2.05) is 26.8 Å². The van der Waals surface area contributed by atoms with Crippen molar-refractivity contribution in [2.75, 3.05) is 25.1 Å². The van der Waals surface area contributed by atoms with Gasteiger partial charge in [0.1, 0.15) is 6.54 Å². The van der Waals surface area contributed by atoms with Gasteiger partial charge in [-0.05, 0) is 67.8 Å². The molecule has 1 atom stereocenters. The summed E-state index contributed by atoms with van der Waals surface area (Å²) in [7, 11) is -0.949. The van der Waals surface area contributed by atoms with Gasteiger partial charge in [0.2, 0.25) is 5.91 Å². The molecule has 0 aliphatic rings. The van der Waals surface area contributed by atoms with Crippen LogP contribution in [0.1, 0.15) is 36.1 Å². The highest BCUT2D eigenvalue weighted by molar-refractivity contribution is 7.92. The first kappa shape index (κ1) is 27.4. The van der Waals surface area contributed by atoms with E-state index in [1.165, 1.54) is 12.1 Å². The van der Waals surface area contributed by atoms with Crippen molar-refractivity contribution in [3.8, 4) is 11.5 Å². The van der Waals surface area contributed by atoms with E-state index in [1.54, 1.807) is 56.7 Å². The lowest BCUT2D eigenvalue weighted by Gasteiger charge is -2.26. The molecular weight excluding hydrogens is 500 g/mol. The maximum atomic E-state index is 13.6. The number of sulfonamides is 1. The first-order chi connectivity index (χ1) is 17.1. The first-order valence-corrected chi connectivity index (χ1v) is 13.3. The summed E-state index contributed by atoms with van der Waals surface area (Å²) in [6.07, 6.45) is 0.586. The molecule has 0 aliphatic carbocycles. The van der Waals surface area contributed by atoms with Crippen LogP contribution in [-0.4, -0.2) is 35.1 Å². The Morgan fingerprint density at radius 2 is 1.64 bits per heavy atom. The van der Waals surface area contributed by atoms with Crippen LogP contribution in [0.25, 0.3) is 0 Å². The molecule has 1 unspecified atom stereocenters. The number of hydrogen-bond donors (Lipinski definition) is 1. The number of aryl methyl sites for hydroxylation is 2. The van der Waals surface area contributed by atoms with Gasteiger partial charge in [-0.2, -0.15) is 0 Å². The van der Waals surface area contributed by atoms with Crippen molar-refractivity contribution >= 4 is 33.2 Å². The average molecular weight is 531 g/mol. The van der Waals surface area contributed by atoms with Gasteiger partial charge in [-0.3, -0.25) is 9.10 Å². The molecule has 0 saturated carbocycles. The van der Waals surface area contributed by atoms with Crippen molar-refractivity contribution in [2.45, 2.75) is 38.1 Å². The minimum atomic E-state index is -4.05. The van der Waals surface area contributed by atoms with Gasteiger partial charge in [-0.25, -0.2) is 8.42 Å². The van der Waals surface area contributed by atoms with E-state index < -0.39 is 22.5 Å². The van der Waals surface area contributed by atoms with Crippen LogP contribution in [0.4, 0.5) is 5.69 Å². The van der Waals surface area contributed by atoms with Crippen LogP contribution in [-0.2, 0) is 14.8 Å². The largest absolute Gasteiger partial charge is 0.493 e. The molecule has 0 aromatic heterocycles. The molecule has 9 heteroatoms. The lowest BCUT2D eigenvalue weighted by Crippen LogP contribution is -2.42. The molecule has 3 rings (SSSR count). The standard InChI is InChI=1S/C27H31ClN2O5S/c1-6-24(20-10-14-25(34-4)26(15-20)35-5)29-27(31)17-30(21-11-9-19(3)23(28)16-21)36(32,33)22-12-7-18(2)8-13-22/h7-16,24H,6,17H2,1-5H3,(H,29,31). The zero-order chi connectivity index (χ0) is 26.5. The molecule has 0 aliphatic heterocycles. The van der Waals surface area contributed by atoms with Gasteiger partial charge in [-0.1, -0.05) is 48.4 Å². The number of methoxy groups -OCH3 is 2. The zero-order valence-corrected chi connectivity index (χ0v) is 22.6. The third kappa shape index (κ3) is 6.12. The molecule has 0 bridgehead atoms. The maximum Gasteiger partial charge on any atom is 0.264 e. The van der Waals surface area contributed by atoms with Crippen LogP contribution in [0.5, 0.6) is 11.5 Å². The Bertz CT molecular complexity index is 1330. The Hall–Kier alpha value is -3.23. The number of carbonyl (C=O) groups is 1. The van der Waals surface area contributed by atoms with Gasteiger partial charge in [0.15, 0.2) is 11.5 Å². The molecule has 1 N–H and O–H groups in total. The average Bonchev–Trinajstić information content (AvgIpc) is 2.87. The number of rotatable bonds is 10. The second kappa shape index (κ2) is 11.7. The smallest absolute Gasteiger partial charge is 0.264 e. The fraction of sp³-hybridized carbons (Fsp3) is 0.296. The van der Waals surface area contributed by atoms with Crippen molar-refractivity contribution < 1.29 is 22.7 Å². The van der Waals surface area contributed by atoms with E-state index in [2.05, 4.69) is 5.32 Å². The van der Waals surface area contributed by atoms with E-state index in [0.29, 0.717) is 28.6 Å². The molecule has 7 nitrogen and oxygen atoms in total. The summed E-state index contributed by atoms with van der Waals surface area (Å²) in [5.41, 5.74) is 2.85. The summed E-state index contributed by atoms with van der Waals surface area (Å²) in [5.74, 6) is 0.665. The van der Waals surface area contributed by atoms with Gasteiger partial charge >= 0.3 is 0 Å².